The summed E-state index contributed by atoms with van der Waals surface area (Å²) in [4.78, 5) is 21.5. The van der Waals surface area contributed by atoms with Gasteiger partial charge in [-0.05, 0) is 39.8 Å². The molecule has 3 heterocycles. The Balaban J connectivity index is 1.96. The second kappa shape index (κ2) is 7.49. The molecule has 24 heavy (non-hydrogen) atoms. The summed E-state index contributed by atoms with van der Waals surface area (Å²) < 4.78 is 0. The van der Waals surface area contributed by atoms with Crippen molar-refractivity contribution in [1.29, 1.82) is 0 Å². The molecule has 0 unspecified atom stereocenters. The number of hydrogen-bond donors (Lipinski definition) is 2. The van der Waals surface area contributed by atoms with E-state index < -0.39 is 0 Å². The summed E-state index contributed by atoms with van der Waals surface area (Å²) in [7, 11) is 0. The number of nitrogens with one attached hydrogen (secondary N) is 2. The van der Waals surface area contributed by atoms with Gasteiger partial charge in [-0.1, -0.05) is 13.8 Å². The molecule has 0 amide bonds. The maximum Gasteiger partial charge on any atom is 0.103 e. The lowest BCUT2D eigenvalue weighted by atomic mass is 10.2. The van der Waals surface area contributed by atoms with Gasteiger partial charge in [-0.15, -0.1) is 0 Å². The molecule has 0 saturated heterocycles. The summed E-state index contributed by atoms with van der Waals surface area (Å²) >= 11 is 0. The summed E-state index contributed by atoms with van der Waals surface area (Å²) in [5, 5.41) is 0. The summed E-state index contributed by atoms with van der Waals surface area (Å²) in [6.07, 6.45) is 2.28. The first-order valence-corrected chi connectivity index (χ1v) is 9.12. The molecule has 2 N–H and O–H groups in total. The van der Waals surface area contributed by atoms with Crippen LogP contribution in [-0.4, -0.2) is 42.8 Å². The molecule has 132 valence electrons. The van der Waals surface area contributed by atoms with Gasteiger partial charge in [0.2, 0.25) is 0 Å². The van der Waals surface area contributed by atoms with Gasteiger partial charge in [0.25, 0.3) is 0 Å². The number of fused-ring (bicyclic) bond motifs is 2. The van der Waals surface area contributed by atoms with Crippen molar-refractivity contribution in [1.82, 2.24) is 29.7 Å². The number of imidazole rings is 2. The smallest absolute Gasteiger partial charge is 0.103 e. The molecule has 0 aromatic carbocycles. The van der Waals surface area contributed by atoms with Gasteiger partial charge in [0.15, 0.2) is 0 Å². The zero-order valence-corrected chi connectivity index (χ0v) is 15.4. The molecule has 0 spiro atoms. The quantitative estimate of drug-likeness (QED) is 0.905. The number of aryl methyl sites for hydroxylation is 2. The van der Waals surface area contributed by atoms with Crippen LogP contribution in [0.2, 0.25) is 0 Å². The molecule has 0 fully saturated rings. The van der Waals surface area contributed by atoms with Crippen LogP contribution in [0.1, 0.15) is 61.1 Å². The first kappa shape index (κ1) is 17.2. The van der Waals surface area contributed by atoms with Gasteiger partial charge in [0, 0.05) is 26.2 Å². The van der Waals surface area contributed by atoms with E-state index in [-0.39, 0.29) is 0 Å². The lowest BCUT2D eigenvalue weighted by molar-refractivity contribution is 0.224. The topological polar surface area (TPSA) is 63.8 Å². The molecule has 1 aliphatic heterocycles. The van der Waals surface area contributed by atoms with Gasteiger partial charge in [0.05, 0.1) is 22.8 Å². The molecule has 0 aliphatic carbocycles. The molecule has 0 radical (unpaired) electrons. The van der Waals surface area contributed by atoms with Gasteiger partial charge in [-0.3, -0.25) is 9.80 Å². The predicted molar refractivity (Wildman–Crippen MR) is 95.5 cm³/mol. The van der Waals surface area contributed by atoms with Crippen LogP contribution in [0.4, 0.5) is 0 Å². The van der Waals surface area contributed by atoms with E-state index in [0.29, 0.717) is 0 Å². The van der Waals surface area contributed by atoms with Crippen molar-refractivity contribution in [2.24, 2.45) is 0 Å². The number of hydrogen-bond acceptors (Lipinski definition) is 4. The first-order chi connectivity index (χ1) is 11.6. The second-order valence-electron chi connectivity index (χ2n) is 6.92. The molecule has 2 aromatic rings. The van der Waals surface area contributed by atoms with Crippen LogP contribution in [0.5, 0.6) is 0 Å². The van der Waals surface area contributed by atoms with Crippen molar-refractivity contribution in [3.63, 3.8) is 0 Å². The fraction of sp³-hybridized carbons (Fsp3) is 0.667. The Morgan fingerprint density at radius 2 is 1.17 bits per heavy atom. The van der Waals surface area contributed by atoms with Gasteiger partial charge in [-0.25, -0.2) is 9.97 Å². The van der Waals surface area contributed by atoms with E-state index in [1.54, 1.807) is 0 Å². The molecule has 2 aromatic heterocycles. The fourth-order valence-electron chi connectivity index (χ4n) is 3.63. The summed E-state index contributed by atoms with van der Waals surface area (Å²) in [6.45, 7) is 14.3. The van der Waals surface area contributed by atoms with E-state index in [2.05, 4.69) is 47.5 Å². The zero-order valence-electron chi connectivity index (χ0n) is 15.4. The summed E-state index contributed by atoms with van der Waals surface area (Å²) in [5.74, 6) is 2.03. The van der Waals surface area contributed by atoms with Gasteiger partial charge in [-0.2, -0.15) is 0 Å². The van der Waals surface area contributed by atoms with Crippen LogP contribution < -0.4 is 0 Å². The highest BCUT2D eigenvalue weighted by molar-refractivity contribution is 5.19. The Morgan fingerprint density at radius 3 is 1.58 bits per heavy atom. The molecular formula is C18H30N6. The molecule has 6 nitrogen and oxygen atoms in total. The lowest BCUT2D eigenvalue weighted by Gasteiger charge is -2.26. The standard InChI is InChI=1S/C18H30N6/c1-5-7-23-9-15-17(21-13(3)19-15)11-24(8-6-2)12-18-16(10-23)20-14(4)22-18/h5-12H2,1-4H3,(H,19,21)(H,20,22). The highest BCUT2D eigenvalue weighted by atomic mass is 15.2. The monoisotopic (exact) mass is 330 g/mol. The van der Waals surface area contributed by atoms with E-state index in [0.717, 1.165) is 63.8 Å². The Labute approximate surface area is 144 Å². The van der Waals surface area contributed by atoms with Crippen molar-refractivity contribution < 1.29 is 0 Å². The fourth-order valence-corrected chi connectivity index (χ4v) is 3.63. The number of H-pyrrole nitrogens is 2. The molecule has 0 saturated carbocycles. The van der Waals surface area contributed by atoms with Gasteiger partial charge < -0.3 is 9.97 Å². The highest BCUT2D eigenvalue weighted by Crippen LogP contribution is 2.20. The largest absolute Gasteiger partial charge is 0.345 e. The Bertz CT molecular complexity index is 566. The van der Waals surface area contributed by atoms with Gasteiger partial charge in [0.1, 0.15) is 11.6 Å². The Hall–Kier alpha value is -1.66. The first-order valence-electron chi connectivity index (χ1n) is 9.12. The Morgan fingerprint density at radius 1 is 0.750 bits per heavy atom. The van der Waals surface area contributed by atoms with Crippen LogP contribution in [-0.2, 0) is 26.2 Å². The predicted octanol–water partition coefficient (Wildman–Crippen LogP) is 2.89. The third kappa shape index (κ3) is 3.87. The van der Waals surface area contributed by atoms with Crippen molar-refractivity contribution in [3.8, 4) is 0 Å². The van der Waals surface area contributed by atoms with Crippen molar-refractivity contribution in [3.05, 3.63) is 34.4 Å². The van der Waals surface area contributed by atoms with Crippen LogP contribution in [0.25, 0.3) is 0 Å². The van der Waals surface area contributed by atoms with Gasteiger partial charge >= 0.3 is 0 Å². The van der Waals surface area contributed by atoms with Crippen LogP contribution in [0.3, 0.4) is 0 Å². The summed E-state index contributed by atoms with van der Waals surface area (Å²) in [6, 6.07) is 0. The van der Waals surface area contributed by atoms with Crippen molar-refractivity contribution >= 4 is 0 Å². The van der Waals surface area contributed by atoms with Crippen molar-refractivity contribution in [2.75, 3.05) is 13.1 Å². The molecule has 1 aliphatic rings. The van der Waals surface area contributed by atoms with E-state index in [4.69, 9.17) is 9.97 Å². The van der Waals surface area contributed by atoms with E-state index in [9.17, 15) is 0 Å². The number of aromatic nitrogens is 4. The van der Waals surface area contributed by atoms with E-state index in [1.807, 2.05) is 0 Å². The summed E-state index contributed by atoms with van der Waals surface area (Å²) in [5.41, 5.74) is 4.92. The third-order valence-electron chi connectivity index (χ3n) is 4.56. The molecule has 3 rings (SSSR count). The number of nitrogens with zero attached hydrogens (tertiary/aromatic N) is 4. The highest BCUT2D eigenvalue weighted by Gasteiger charge is 2.21. The third-order valence-corrected chi connectivity index (χ3v) is 4.56. The van der Waals surface area contributed by atoms with Crippen molar-refractivity contribution in [2.45, 2.75) is 66.7 Å². The van der Waals surface area contributed by atoms with Crippen LogP contribution >= 0.6 is 0 Å². The molecule has 6 heteroatoms. The van der Waals surface area contributed by atoms with E-state index >= 15 is 0 Å². The zero-order chi connectivity index (χ0) is 17.1. The Kier molecular flexibility index (Phi) is 5.36. The second-order valence-corrected chi connectivity index (χ2v) is 6.92. The normalized spacial score (nSPS) is 16.8. The minimum absolute atomic E-state index is 0.888. The average molecular weight is 330 g/mol. The minimum atomic E-state index is 0.888. The van der Waals surface area contributed by atoms with Crippen LogP contribution in [0, 0.1) is 13.8 Å². The van der Waals surface area contributed by atoms with Crippen LogP contribution in [0.15, 0.2) is 0 Å². The number of aromatic amines is 2. The van der Waals surface area contributed by atoms with E-state index in [1.165, 1.54) is 22.8 Å². The average Bonchev–Trinajstić information content (AvgIpc) is 3.02. The SMILES string of the molecule is CCCN1Cc2nc(C)[nH]c2CN(CCC)Cc2[nH]c(C)nc2C1. The molecule has 0 bridgehead atoms. The number of rotatable bonds is 4. The minimum Gasteiger partial charge on any atom is -0.345 e. The molecule has 0 atom stereocenters. The maximum absolute atomic E-state index is 4.76. The maximum atomic E-state index is 4.76. The lowest BCUT2D eigenvalue weighted by Crippen LogP contribution is -2.30. The molecular weight excluding hydrogens is 300 g/mol.